The Balaban J connectivity index is 0.000000160. The molecule has 1 amide bonds. The highest BCUT2D eigenvalue weighted by atomic mass is 16.6. The number of carbonyl (C=O) groups is 1. The van der Waals surface area contributed by atoms with Crippen LogP contribution in [0.4, 0.5) is 4.79 Å². The molecule has 6 aromatic rings. The van der Waals surface area contributed by atoms with Crippen LogP contribution in [-0.2, 0) is 29.1 Å². The number of aromatic hydroxyl groups is 3. The van der Waals surface area contributed by atoms with E-state index in [1.165, 1.54) is 11.1 Å². The fourth-order valence-electron chi connectivity index (χ4n) is 9.07. The van der Waals surface area contributed by atoms with Crippen LogP contribution in [0.3, 0.4) is 0 Å². The maximum Gasteiger partial charge on any atom is 0.409 e. The standard InChI is InChI=1S/C20H24N4O3.C19H23N3O2.C17H19N3O/c1-2-7-21-9-14-27-20(26)24-12-10-23(11-13-24)15-16-5-6-18(25)19-17(16)4-3-8-22-19;1-2-13-24-14-12-21-8-10-22(11-9-21)15-16-5-6-18(23)19-17(16)4-3-7-20-19;1-2-8-19-9-11-20(12-10-19)13-14-5-6-16(21)17-15(14)4-3-7-18-17/h1,3-6,8,21,25H,7,9-15H2;1,3-7,23H,8-15H2;1,3-7,21H,8-13H2. The normalized spacial score (nSPS) is 15.9. The van der Waals surface area contributed by atoms with Gasteiger partial charge in [-0.3, -0.25) is 39.5 Å². The smallest absolute Gasteiger partial charge is 0.409 e. The summed E-state index contributed by atoms with van der Waals surface area (Å²) in [5, 5.41) is 35.8. The first-order valence-corrected chi connectivity index (χ1v) is 24.5. The maximum absolute atomic E-state index is 12.1. The van der Waals surface area contributed by atoms with Crippen molar-refractivity contribution in [1.82, 2.24) is 49.7 Å². The van der Waals surface area contributed by atoms with Crippen molar-refractivity contribution >= 4 is 38.8 Å². The minimum atomic E-state index is -0.281. The molecule has 0 atom stereocenters. The van der Waals surface area contributed by atoms with E-state index >= 15 is 0 Å². The molecule has 3 aromatic heterocycles. The van der Waals surface area contributed by atoms with Gasteiger partial charge in [0.25, 0.3) is 0 Å². The molecule has 6 heterocycles. The molecule has 9 rings (SSSR count). The van der Waals surface area contributed by atoms with E-state index in [4.69, 9.17) is 28.7 Å². The third-order valence-corrected chi connectivity index (χ3v) is 13.0. The quantitative estimate of drug-likeness (QED) is 0.0818. The van der Waals surface area contributed by atoms with Crippen LogP contribution in [-0.4, -0.2) is 190 Å². The molecule has 4 N–H and O–H groups in total. The van der Waals surface area contributed by atoms with Crippen molar-refractivity contribution in [3.8, 4) is 54.3 Å². The lowest BCUT2D eigenvalue weighted by Crippen LogP contribution is -2.48. The molecule has 0 aliphatic carbocycles. The number of phenols is 3. The number of nitrogens with one attached hydrogen (secondary N) is 1. The molecule has 0 radical (unpaired) electrons. The van der Waals surface area contributed by atoms with Gasteiger partial charge in [0.15, 0.2) is 0 Å². The maximum atomic E-state index is 12.1. The minimum Gasteiger partial charge on any atom is -0.506 e. The Morgan fingerprint density at radius 3 is 1.40 bits per heavy atom. The van der Waals surface area contributed by atoms with Crippen LogP contribution in [0.2, 0.25) is 0 Å². The third-order valence-electron chi connectivity index (χ3n) is 13.0. The first-order chi connectivity index (χ1) is 35.2. The fourth-order valence-corrected chi connectivity index (χ4v) is 9.07. The second-order valence-electron chi connectivity index (χ2n) is 17.8. The number of ether oxygens (including phenoxy) is 2. The summed E-state index contributed by atoms with van der Waals surface area (Å²) in [5.41, 5.74) is 5.52. The summed E-state index contributed by atoms with van der Waals surface area (Å²) in [6.07, 6.45) is 20.5. The highest BCUT2D eigenvalue weighted by Gasteiger charge is 2.23. The zero-order valence-electron chi connectivity index (χ0n) is 41.0. The van der Waals surface area contributed by atoms with Gasteiger partial charge in [-0.05, 0) is 53.1 Å². The average Bonchev–Trinajstić information content (AvgIpc) is 3.42. The zero-order chi connectivity index (χ0) is 50.5. The molecule has 3 fully saturated rings. The van der Waals surface area contributed by atoms with Crippen molar-refractivity contribution in [2.75, 3.05) is 125 Å². The molecule has 0 spiro atoms. The second kappa shape index (κ2) is 27.5. The van der Waals surface area contributed by atoms with Gasteiger partial charge >= 0.3 is 6.09 Å². The monoisotopic (exact) mass is 975 g/mol. The van der Waals surface area contributed by atoms with Crippen molar-refractivity contribution in [2.24, 2.45) is 0 Å². The Kier molecular flexibility index (Phi) is 20.2. The van der Waals surface area contributed by atoms with Crippen LogP contribution >= 0.6 is 0 Å². The molecular formula is C56H66N10O6. The minimum absolute atomic E-state index is 0.193. The van der Waals surface area contributed by atoms with Gasteiger partial charge in [0, 0.05) is 146 Å². The zero-order valence-corrected chi connectivity index (χ0v) is 41.0. The number of nitrogens with zero attached hydrogens (tertiary/aromatic N) is 9. The Hall–Kier alpha value is -7.04. The number of phenolic OH excluding ortho intramolecular Hbond substituents is 3. The first kappa shape index (κ1) is 52.8. The molecule has 0 saturated carbocycles. The summed E-state index contributed by atoms with van der Waals surface area (Å²) in [6, 6.07) is 22.8. The van der Waals surface area contributed by atoms with E-state index in [0.29, 0.717) is 62.5 Å². The molecular weight excluding hydrogens is 909 g/mol. The molecule has 3 aliphatic rings. The topological polar surface area (TPSA) is 166 Å². The van der Waals surface area contributed by atoms with Gasteiger partial charge in [0.2, 0.25) is 0 Å². The van der Waals surface area contributed by atoms with Crippen molar-refractivity contribution in [2.45, 2.75) is 19.6 Å². The van der Waals surface area contributed by atoms with Gasteiger partial charge in [-0.15, -0.1) is 19.3 Å². The SMILES string of the molecule is C#CCN1CCN(Cc2ccc(O)c3ncccc23)CC1.C#CCNCCOC(=O)N1CCN(Cc2ccc(O)c3ncccc23)CC1.C#CCOCCN1CCN(Cc2ccc(O)c3ncccc23)CC1. The summed E-state index contributed by atoms with van der Waals surface area (Å²) >= 11 is 0. The number of hydrogen-bond donors (Lipinski definition) is 4. The van der Waals surface area contributed by atoms with E-state index in [0.717, 1.165) is 120 Å². The Morgan fingerprint density at radius 2 is 0.972 bits per heavy atom. The predicted molar refractivity (Wildman–Crippen MR) is 282 cm³/mol. The lowest BCUT2D eigenvalue weighted by atomic mass is 10.1. The number of aromatic nitrogens is 3. The predicted octanol–water partition coefficient (Wildman–Crippen LogP) is 4.82. The molecule has 0 bridgehead atoms. The van der Waals surface area contributed by atoms with Gasteiger partial charge < -0.3 is 35.0 Å². The number of hydrogen-bond acceptors (Lipinski definition) is 15. The van der Waals surface area contributed by atoms with Gasteiger partial charge in [0.1, 0.15) is 47.0 Å². The Labute approximate surface area is 423 Å². The summed E-state index contributed by atoms with van der Waals surface area (Å²) in [6.45, 7) is 17.6. The van der Waals surface area contributed by atoms with E-state index in [9.17, 15) is 20.1 Å². The van der Waals surface area contributed by atoms with Crippen LogP contribution in [0.15, 0.2) is 91.4 Å². The van der Waals surface area contributed by atoms with E-state index in [1.54, 1.807) is 41.7 Å². The molecule has 16 nitrogen and oxygen atoms in total. The molecule has 3 saturated heterocycles. The van der Waals surface area contributed by atoms with Crippen molar-refractivity contribution in [3.63, 3.8) is 0 Å². The van der Waals surface area contributed by atoms with Crippen LogP contribution in [0.1, 0.15) is 16.7 Å². The number of piperazine rings is 3. The molecule has 376 valence electrons. The number of amides is 1. The summed E-state index contributed by atoms with van der Waals surface area (Å²) in [5.74, 6) is 8.34. The molecule has 0 unspecified atom stereocenters. The highest BCUT2D eigenvalue weighted by Crippen LogP contribution is 2.29. The van der Waals surface area contributed by atoms with Gasteiger partial charge in [-0.25, -0.2) is 4.79 Å². The van der Waals surface area contributed by atoms with E-state index in [2.05, 4.69) is 62.5 Å². The molecule has 3 aliphatic heterocycles. The van der Waals surface area contributed by atoms with E-state index in [-0.39, 0.29) is 23.3 Å². The third kappa shape index (κ3) is 15.0. The van der Waals surface area contributed by atoms with E-state index in [1.807, 2.05) is 54.6 Å². The number of benzene rings is 3. The summed E-state index contributed by atoms with van der Waals surface area (Å²) in [7, 11) is 0. The number of pyridine rings is 3. The van der Waals surface area contributed by atoms with Crippen LogP contribution in [0.25, 0.3) is 32.7 Å². The Bertz CT molecular complexity index is 2820. The van der Waals surface area contributed by atoms with Gasteiger partial charge in [0.05, 0.1) is 19.7 Å². The number of rotatable bonds is 15. The van der Waals surface area contributed by atoms with E-state index < -0.39 is 0 Å². The first-order valence-electron chi connectivity index (χ1n) is 24.5. The highest BCUT2D eigenvalue weighted by molar-refractivity contribution is 5.88. The van der Waals surface area contributed by atoms with Crippen LogP contribution in [0, 0.1) is 37.0 Å². The number of terminal acetylenes is 3. The molecule has 16 heteroatoms. The van der Waals surface area contributed by atoms with Gasteiger partial charge in [-0.2, -0.15) is 0 Å². The lowest BCUT2D eigenvalue weighted by molar-refractivity contribution is 0.0753. The van der Waals surface area contributed by atoms with Crippen LogP contribution < -0.4 is 5.32 Å². The molecule has 3 aromatic carbocycles. The second-order valence-corrected chi connectivity index (χ2v) is 17.8. The summed E-state index contributed by atoms with van der Waals surface area (Å²) in [4.78, 5) is 38.5. The fraction of sp³-hybridized carbons (Fsp3) is 0.393. The average molecular weight is 975 g/mol. The van der Waals surface area contributed by atoms with Crippen LogP contribution in [0.5, 0.6) is 17.2 Å². The van der Waals surface area contributed by atoms with Crippen molar-refractivity contribution in [3.05, 3.63) is 108 Å². The molecule has 72 heavy (non-hydrogen) atoms. The van der Waals surface area contributed by atoms with Gasteiger partial charge in [-0.1, -0.05) is 54.2 Å². The number of fused-ring (bicyclic) bond motifs is 3. The van der Waals surface area contributed by atoms with Crippen molar-refractivity contribution in [1.29, 1.82) is 0 Å². The Morgan fingerprint density at radius 1 is 0.542 bits per heavy atom. The lowest BCUT2D eigenvalue weighted by Gasteiger charge is -2.34. The largest absolute Gasteiger partial charge is 0.506 e. The van der Waals surface area contributed by atoms with Crippen molar-refractivity contribution < 1.29 is 29.6 Å². The number of carbonyl (C=O) groups excluding carboxylic acids is 1. The summed E-state index contributed by atoms with van der Waals surface area (Å²) < 4.78 is 10.6.